The number of benzene rings is 1. The van der Waals surface area contributed by atoms with Crippen molar-refractivity contribution in [1.29, 1.82) is 0 Å². The van der Waals surface area contributed by atoms with Crippen LogP contribution in [0.25, 0.3) is 6.08 Å². The van der Waals surface area contributed by atoms with Crippen molar-refractivity contribution < 1.29 is 36.5 Å². The number of hydrogen-bond acceptors (Lipinski definition) is 7. The zero-order valence-electron chi connectivity index (χ0n) is 25.0. The molecule has 8 nitrogen and oxygen atoms in total. The summed E-state index contributed by atoms with van der Waals surface area (Å²) in [6.07, 6.45) is 3.96. The summed E-state index contributed by atoms with van der Waals surface area (Å²) in [5.41, 5.74) is 1.54. The summed E-state index contributed by atoms with van der Waals surface area (Å²) in [4.78, 5) is 11.3. The van der Waals surface area contributed by atoms with Crippen LogP contribution in [0.5, 0.6) is 17.2 Å². The van der Waals surface area contributed by atoms with Crippen molar-refractivity contribution in [2.75, 3.05) is 21.3 Å². The minimum absolute atomic E-state index is 0.00628. The van der Waals surface area contributed by atoms with Gasteiger partial charge in [-0.05, 0) is 89.5 Å². The Kier molecular flexibility index (Phi) is 11.9. The number of methoxy groups -OCH3 is 3. The number of aliphatic carboxylic acids is 1. The molecule has 0 aliphatic rings. The van der Waals surface area contributed by atoms with Gasteiger partial charge >= 0.3 is 14.8 Å². The fourth-order valence-electron chi connectivity index (χ4n) is 3.98. The molecular weight excluding hydrogens is 541 g/mol. The van der Waals surface area contributed by atoms with E-state index in [0.717, 1.165) is 11.6 Å². The minimum Gasteiger partial charge on any atom is -0.493 e. The van der Waals surface area contributed by atoms with Crippen molar-refractivity contribution in [3.05, 3.63) is 23.3 Å². The van der Waals surface area contributed by atoms with Crippen molar-refractivity contribution in [1.82, 2.24) is 0 Å². The quantitative estimate of drug-likeness (QED) is 0.180. The van der Waals surface area contributed by atoms with Gasteiger partial charge in [0.2, 0.25) is 5.75 Å². The van der Waals surface area contributed by atoms with Crippen LogP contribution >= 0.6 is 0 Å². The normalized spacial score (nSPS) is 14.1. The Bertz CT molecular complexity index is 905. The molecule has 0 aliphatic carbocycles. The average molecular weight is 589 g/mol. The fourth-order valence-corrected chi connectivity index (χ4v) is 18.8. The van der Waals surface area contributed by atoms with Crippen LogP contribution in [0.2, 0.25) is 64.5 Å². The fraction of sp³-hybridized carbons (Fsp3) is 0.640. The SMILES string of the molecule is COc1cc(/C=C/C(=O)O)c(CCC(C)[Si](O[Si](C)(C)C)(O[Si](C)(C)C)O[Si](C)(C)C)c(OC)c1OC. The van der Waals surface area contributed by atoms with E-state index in [9.17, 15) is 9.90 Å². The lowest BCUT2D eigenvalue weighted by atomic mass is 9.98. The van der Waals surface area contributed by atoms with E-state index in [-0.39, 0.29) is 5.54 Å². The van der Waals surface area contributed by atoms with Crippen LogP contribution in [-0.4, -0.2) is 66.2 Å². The first kappa shape index (κ1) is 33.6. The lowest BCUT2D eigenvalue weighted by molar-refractivity contribution is -0.131. The first-order valence-corrected chi connectivity index (χ1v) is 24.6. The summed E-state index contributed by atoms with van der Waals surface area (Å²) < 4.78 is 37.6. The first-order valence-electron chi connectivity index (χ1n) is 12.6. The highest BCUT2D eigenvalue weighted by atomic mass is 28.5. The van der Waals surface area contributed by atoms with Gasteiger partial charge in [0.1, 0.15) is 0 Å². The van der Waals surface area contributed by atoms with Crippen LogP contribution in [0.1, 0.15) is 24.5 Å². The Balaban J connectivity index is 3.65. The number of rotatable bonds is 15. The van der Waals surface area contributed by atoms with Gasteiger partial charge in [-0.3, -0.25) is 0 Å². The minimum atomic E-state index is -3.10. The van der Waals surface area contributed by atoms with E-state index < -0.39 is 39.7 Å². The number of ether oxygens (including phenoxy) is 3. The molecule has 1 rings (SSSR count). The summed E-state index contributed by atoms with van der Waals surface area (Å²) in [5, 5.41) is 9.26. The summed E-state index contributed by atoms with van der Waals surface area (Å²) in [6, 6.07) is 1.78. The highest BCUT2D eigenvalue weighted by Crippen LogP contribution is 2.44. The van der Waals surface area contributed by atoms with E-state index in [0.29, 0.717) is 35.7 Å². The zero-order chi connectivity index (χ0) is 28.8. The Morgan fingerprint density at radius 3 is 1.65 bits per heavy atom. The molecule has 0 radical (unpaired) electrons. The first-order chi connectivity index (χ1) is 16.8. The summed E-state index contributed by atoms with van der Waals surface area (Å²) in [7, 11) is -4.51. The number of carbonyl (C=O) groups is 1. The third kappa shape index (κ3) is 10.7. The molecule has 0 heterocycles. The van der Waals surface area contributed by atoms with Crippen molar-refractivity contribution in [2.24, 2.45) is 0 Å². The van der Waals surface area contributed by atoms with Gasteiger partial charge < -0.3 is 31.7 Å². The molecular formula is C25H48O8Si4. The molecule has 0 spiro atoms. The predicted octanol–water partition coefficient (Wildman–Crippen LogP) is 6.63. The number of carboxylic acids is 1. The summed E-state index contributed by atoms with van der Waals surface area (Å²) >= 11 is 0. The Morgan fingerprint density at radius 1 is 0.838 bits per heavy atom. The molecule has 1 N–H and O–H groups in total. The molecule has 0 saturated carbocycles. The molecule has 0 fully saturated rings. The molecule has 1 atom stereocenters. The monoisotopic (exact) mass is 588 g/mol. The van der Waals surface area contributed by atoms with Crippen molar-refractivity contribution in [2.45, 2.75) is 84.2 Å². The maximum Gasteiger partial charge on any atom is 0.472 e. The summed E-state index contributed by atoms with van der Waals surface area (Å²) in [5.74, 6) is 0.430. The highest BCUT2D eigenvalue weighted by molar-refractivity contribution is 6.90. The standard InChI is InChI=1S/C25H48O8Si4/c1-19(37(31-34(5,6)7,32-35(8,9)10)33-36(11,12)13)14-16-21-20(15-17-23(26)27)18-22(28-2)25(30-4)24(21)29-3/h15,17-19H,14,16H2,1-13H3,(H,26,27)/b17-15+. The molecule has 0 aromatic heterocycles. The van der Waals surface area contributed by atoms with E-state index in [1.807, 2.05) is 0 Å². The van der Waals surface area contributed by atoms with Gasteiger partial charge in [-0.2, -0.15) is 0 Å². The second-order valence-electron chi connectivity index (χ2n) is 12.1. The van der Waals surface area contributed by atoms with Crippen LogP contribution in [0.3, 0.4) is 0 Å². The third-order valence-corrected chi connectivity index (χ3v) is 17.4. The molecule has 0 amide bonds. The smallest absolute Gasteiger partial charge is 0.472 e. The van der Waals surface area contributed by atoms with E-state index in [1.165, 1.54) is 0 Å². The van der Waals surface area contributed by atoms with Crippen LogP contribution in [-0.2, 0) is 23.6 Å². The van der Waals surface area contributed by atoms with Crippen LogP contribution in [0.15, 0.2) is 12.1 Å². The second-order valence-corrected chi connectivity index (χ2v) is 29.4. The van der Waals surface area contributed by atoms with Crippen LogP contribution in [0.4, 0.5) is 0 Å². The van der Waals surface area contributed by atoms with E-state index in [1.54, 1.807) is 33.5 Å². The highest BCUT2D eigenvalue weighted by Gasteiger charge is 2.53. The molecule has 0 bridgehead atoms. The van der Waals surface area contributed by atoms with Gasteiger partial charge in [-0.1, -0.05) is 6.92 Å². The maximum absolute atomic E-state index is 11.3. The largest absolute Gasteiger partial charge is 0.493 e. The third-order valence-electron chi connectivity index (χ3n) is 5.15. The molecule has 1 unspecified atom stereocenters. The Hall–Kier alpha value is -1.42. The Labute approximate surface area is 228 Å². The van der Waals surface area contributed by atoms with Crippen LogP contribution in [0, 0.1) is 0 Å². The van der Waals surface area contributed by atoms with Gasteiger partial charge in [0.15, 0.2) is 36.5 Å². The molecule has 0 saturated heterocycles. The van der Waals surface area contributed by atoms with E-state index in [2.05, 4.69) is 65.8 Å². The summed E-state index contributed by atoms with van der Waals surface area (Å²) in [6.45, 7) is 21.7. The average Bonchev–Trinajstić information content (AvgIpc) is 2.71. The van der Waals surface area contributed by atoms with E-state index in [4.69, 9.17) is 26.6 Å². The Morgan fingerprint density at radius 2 is 1.30 bits per heavy atom. The second kappa shape index (κ2) is 13.1. The van der Waals surface area contributed by atoms with Crippen molar-refractivity contribution >= 4 is 45.8 Å². The van der Waals surface area contributed by atoms with Crippen molar-refractivity contribution in [3.63, 3.8) is 0 Å². The molecule has 0 aliphatic heterocycles. The van der Waals surface area contributed by atoms with Gasteiger partial charge in [0, 0.05) is 17.2 Å². The number of hydrogen-bond donors (Lipinski definition) is 1. The van der Waals surface area contributed by atoms with Gasteiger partial charge in [0.05, 0.1) is 21.3 Å². The molecule has 1 aromatic carbocycles. The molecule has 12 heteroatoms. The topological polar surface area (TPSA) is 92.7 Å². The lowest BCUT2D eigenvalue weighted by Crippen LogP contribution is -2.62. The molecule has 37 heavy (non-hydrogen) atoms. The lowest BCUT2D eigenvalue weighted by Gasteiger charge is -2.45. The van der Waals surface area contributed by atoms with E-state index >= 15 is 0 Å². The predicted molar refractivity (Wildman–Crippen MR) is 160 cm³/mol. The zero-order valence-corrected chi connectivity index (χ0v) is 29.0. The maximum atomic E-state index is 11.3. The molecule has 212 valence electrons. The number of carboxylic acid groups (broad SMARTS) is 1. The van der Waals surface area contributed by atoms with Gasteiger partial charge in [-0.15, -0.1) is 0 Å². The van der Waals surface area contributed by atoms with Gasteiger partial charge in [0.25, 0.3) is 0 Å². The molecule has 1 aromatic rings. The van der Waals surface area contributed by atoms with Crippen LogP contribution < -0.4 is 14.2 Å². The van der Waals surface area contributed by atoms with Gasteiger partial charge in [-0.25, -0.2) is 4.79 Å². The van der Waals surface area contributed by atoms with Crippen molar-refractivity contribution in [3.8, 4) is 17.2 Å².